The highest BCUT2D eigenvalue weighted by atomic mass is 16.6. The third kappa shape index (κ3) is 5.61. The number of esters is 2. The fourth-order valence-electron chi connectivity index (χ4n) is 2.01. The lowest BCUT2D eigenvalue weighted by Crippen LogP contribution is -2.31. The minimum Gasteiger partial charge on any atom is -0.463 e. The molecule has 0 amide bonds. The number of imidazole rings is 1. The van der Waals surface area contributed by atoms with E-state index in [1.807, 2.05) is 0 Å². The average Bonchev–Trinajstić information content (AvgIpc) is 3.04. The normalized spacial score (nSPS) is 11.5. The first kappa shape index (κ1) is 20.6. The summed E-state index contributed by atoms with van der Waals surface area (Å²) in [6.45, 7) is 6.93. The summed E-state index contributed by atoms with van der Waals surface area (Å²) in [5.74, 6) is -0.964. The molecule has 0 saturated carbocycles. The second kappa shape index (κ2) is 9.26. The Balaban J connectivity index is 2.01. The number of rotatable bonds is 9. The Morgan fingerprint density at radius 2 is 1.63 bits per heavy atom. The molecule has 2 heterocycles. The summed E-state index contributed by atoms with van der Waals surface area (Å²) < 4.78 is 17.8. The fraction of sp³-hybridized carbons (Fsp3) is 0.588. The summed E-state index contributed by atoms with van der Waals surface area (Å²) in [5.41, 5.74) is 6.74. The van der Waals surface area contributed by atoms with Crippen LogP contribution in [0.5, 0.6) is 0 Å². The molecule has 0 atom stereocenters. The number of nitrogens with two attached hydrogens (primary N) is 1. The van der Waals surface area contributed by atoms with Crippen molar-refractivity contribution < 1.29 is 23.8 Å². The van der Waals surface area contributed by atoms with Gasteiger partial charge < -0.3 is 19.9 Å². The molecule has 0 aromatic carbocycles. The first-order chi connectivity index (χ1) is 12.8. The molecule has 10 nitrogen and oxygen atoms in total. The molecule has 0 aliphatic heterocycles. The maximum Gasteiger partial charge on any atom is 0.308 e. The number of nitrogen functional groups attached to an aromatic ring is 1. The molecule has 0 saturated heterocycles. The van der Waals surface area contributed by atoms with Gasteiger partial charge in [0.15, 0.2) is 11.5 Å². The smallest absolute Gasteiger partial charge is 0.308 e. The van der Waals surface area contributed by atoms with Gasteiger partial charge in [-0.05, 0) is 0 Å². The van der Waals surface area contributed by atoms with Crippen LogP contribution in [0.3, 0.4) is 0 Å². The molecule has 0 radical (unpaired) electrons. The van der Waals surface area contributed by atoms with E-state index in [-0.39, 0.29) is 49.5 Å². The molecular weight excluding hydrogens is 354 g/mol. The lowest BCUT2D eigenvalue weighted by atomic mass is 10.2. The SMILES string of the molecule is CC(C)C(=O)OCC(COC(=O)C(C)C)OCn1cnc2c(N)ncnc21. The molecule has 0 fully saturated rings. The zero-order valence-electron chi connectivity index (χ0n) is 15.9. The fourth-order valence-corrected chi connectivity index (χ4v) is 2.01. The number of fused-ring (bicyclic) bond motifs is 1. The zero-order valence-corrected chi connectivity index (χ0v) is 15.9. The predicted molar refractivity (Wildman–Crippen MR) is 96.2 cm³/mol. The van der Waals surface area contributed by atoms with Crippen LogP contribution in [-0.4, -0.2) is 50.8 Å². The van der Waals surface area contributed by atoms with Crippen molar-refractivity contribution in [3.63, 3.8) is 0 Å². The number of nitrogens with zero attached hydrogens (tertiary/aromatic N) is 4. The number of aromatic nitrogens is 4. The Hall–Kier alpha value is -2.75. The van der Waals surface area contributed by atoms with Gasteiger partial charge in [0.1, 0.15) is 37.9 Å². The van der Waals surface area contributed by atoms with E-state index in [9.17, 15) is 9.59 Å². The molecule has 0 unspecified atom stereocenters. The average molecular weight is 379 g/mol. The number of carbonyl (C=O) groups is 2. The molecule has 148 valence electrons. The zero-order chi connectivity index (χ0) is 20.0. The van der Waals surface area contributed by atoms with Crippen molar-refractivity contribution in [2.75, 3.05) is 18.9 Å². The third-order valence-corrected chi connectivity index (χ3v) is 3.64. The summed E-state index contributed by atoms with van der Waals surface area (Å²) in [7, 11) is 0. The van der Waals surface area contributed by atoms with Gasteiger partial charge in [-0.1, -0.05) is 27.7 Å². The Bertz CT molecular complexity index is 765. The Morgan fingerprint density at radius 3 is 2.19 bits per heavy atom. The number of hydrogen-bond acceptors (Lipinski definition) is 9. The van der Waals surface area contributed by atoms with Gasteiger partial charge in [-0.15, -0.1) is 0 Å². The van der Waals surface area contributed by atoms with Crippen molar-refractivity contribution >= 4 is 28.9 Å². The molecule has 0 aliphatic rings. The molecule has 2 rings (SSSR count). The van der Waals surface area contributed by atoms with Gasteiger partial charge in [-0.2, -0.15) is 0 Å². The van der Waals surface area contributed by atoms with Gasteiger partial charge >= 0.3 is 11.9 Å². The highest BCUT2D eigenvalue weighted by Crippen LogP contribution is 2.14. The van der Waals surface area contributed by atoms with Gasteiger partial charge in [0.05, 0.1) is 18.2 Å². The first-order valence-electron chi connectivity index (χ1n) is 8.65. The highest BCUT2D eigenvalue weighted by Gasteiger charge is 2.19. The molecule has 2 aromatic rings. The van der Waals surface area contributed by atoms with E-state index in [1.165, 1.54) is 12.7 Å². The molecule has 2 aromatic heterocycles. The first-order valence-corrected chi connectivity index (χ1v) is 8.65. The van der Waals surface area contributed by atoms with Crippen LogP contribution in [0.4, 0.5) is 5.82 Å². The van der Waals surface area contributed by atoms with Crippen LogP contribution in [-0.2, 0) is 30.5 Å². The maximum atomic E-state index is 11.7. The number of anilines is 1. The van der Waals surface area contributed by atoms with Crippen LogP contribution in [0.15, 0.2) is 12.7 Å². The van der Waals surface area contributed by atoms with Gasteiger partial charge in [0.25, 0.3) is 0 Å². The van der Waals surface area contributed by atoms with Crippen molar-refractivity contribution in [3.05, 3.63) is 12.7 Å². The van der Waals surface area contributed by atoms with E-state index in [1.54, 1.807) is 32.3 Å². The van der Waals surface area contributed by atoms with Crippen LogP contribution >= 0.6 is 0 Å². The molecule has 0 aliphatic carbocycles. The largest absolute Gasteiger partial charge is 0.463 e. The van der Waals surface area contributed by atoms with Gasteiger partial charge in [-0.25, -0.2) is 15.0 Å². The van der Waals surface area contributed by atoms with Gasteiger partial charge in [0, 0.05) is 0 Å². The van der Waals surface area contributed by atoms with Crippen molar-refractivity contribution in [1.82, 2.24) is 19.5 Å². The van der Waals surface area contributed by atoms with Crippen molar-refractivity contribution in [2.24, 2.45) is 11.8 Å². The van der Waals surface area contributed by atoms with E-state index in [4.69, 9.17) is 19.9 Å². The summed E-state index contributed by atoms with van der Waals surface area (Å²) in [4.78, 5) is 35.6. The minimum atomic E-state index is -0.632. The number of hydrogen-bond donors (Lipinski definition) is 1. The Labute approximate surface area is 157 Å². The molecular formula is C17H25N5O5. The second-order valence-corrected chi connectivity index (χ2v) is 6.63. The lowest BCUT2D eigenvalue weighted by molar-refractivity contribution is -0.161. The van der Waals surface area contributed by atoms with E-state index in [0.717, 1.165) is 0 Å². The topological polar surface area (TPSA) is 131 Å². The van der Waals surface area contributed by atoms with Crippen LogP contribution in [0.1, 0.15) is 27.7 Å². The molecule has 0 bridgehead atoms. The Kier molecular flexibility index (Phi) is 7.05. The summed E-state index contributed by atoms with van der Waals surface area (Å²) >= 11 is 0. The second-order valence-electron chi connectivity index (χ2n) is 6.63. The number of ether oxygens (including phenoxy) is 3. The lowest BCUT2D eigenvalue weighted by Gasteiger charge is -2.19. The van der Waals surface area contributed by atoms with Gasteiger partial charge in [0.2, 0.25) is 0 Å². The van der Waals surface area contributed by atoms with Crippen LogP contribution in [0.25, 0.3) is 11.2 Å². The summed E-state index contributed by atoms with van der Waals surface area (Å²) in [6, 6.07) is 0. The monoisotopic (exact) mass is 379 g/mol. The van der Waals surface area contributed by atoms with E-state index in [0.29, 0.717) is 11.2 Å². The van der Waals surface area contributed by atoms with Crippen LogP contribution in [0, 0.1) is 11.8 Å². The van der Waals surface area contributed by atoms with Crippen molar-refractivity contribution in [2.45, 2.75) is 40.5 Å². The summed E-state index contributed by atoms with van der Waals surface area (Å²) in [5, 5.41) is 0. The van der Waals surface area contributed by atoms with Crippen molar-refractivity contribution in [3.8, 4) is 0 Å². The van der Waals surface area contributed by atoms with E-state index < -0.39 is 6.10 Å². The quantitative estimate of drug-likeness (QED) is 0.637. The van der Waals surface area contributed by atoms with Gasteiger partial charge in [-0.3, -0.25) is 14.2 Å². The summed E-state index contributed by atoms with van der Waals surface area (Å²) in [6.07, 6.45) is 2.22. The molecule has 27 heavy (non-hydrogen) atoms. The van der Waals surface area contributed by atoms with E-state index in [2.05, 4.69) is 15.0 Å². The maximum absolute atomic E-state index is 11.7. The van der Waals surface area contributed by atoms with Crippen molar-refractivity contribution in [1.29, 1.82) is 0 Å². The molecule has 10 heteroatoms. The molecule has 2 N–H and O–H groups in total. The minimum absolute atomic E-state index is 0.0356. The Morgan fingerprint density at radius 1 is 1.04 bits per heavy atom. The van der Waals surface area contributed by atoms with E-state index >= 15 is 0 Å². The molecule has 0 spiro atoms. The highest BCUT2D eigenvalue weighted by molar-refractivity contribution is 5.81. The van der Waals surface area contributed by atoms with Crippen LogP contribution < -0.4 is 5.73 Å². The third-order valence-electron chi connectivity index (χ3n) is 3.64. The van der Waals surface area contributed by atoms with Crippen LogP contribution in [0.2, 0.25) is 0 Å². The standard InChI is InChI=1S/C17H25N5O5/c1-10(2)16(23)25-5-12(6-26-17(24)11(3)4)27-9-22-8-21-13-14(18)19-7-20-15(13)22/h7-8,10-12H,5-6,9H2,1-4H3,(H2,18,19,20). The predicted octanol–water partition coefficient (Wildman–Crippen LogP) is 1.15. The number of carbonyl (C=O) groups excluding carboxylic acids is 2.